The van der Waals surface area contributed by atoms with Crippen molar-refractivity contribution in [2.24, 2.45) is 5.16 Å². The Morgan fingerprint density at radius 1 is 1.36 bits per heavy atom. The number of ether oxygens (including phenoxy) is 1. The second kappa shape index (κ2) is 2.27. The fourth-order valence-corrected chi connectivity index (χ4v) is 1.14. The van der Waals surface area contributed by atoms with E-state index < -0.39 is 0 Å². The van der Waals surface area contributed by atoms with E-state index in [2.05, 4.69) is 5.16 Å². The third kappa shape index (κ3) is 0.852. The van der Waals surface area contributed by atoms with Crippen molar-refractivity contribution in [1.82, 2.24) is 0 Å². The zero-order valence-electron chi connectivity index (χ0n) is 5.82. The van der Waals surface area contributed by atoms with E-state index in [1.807, 2.05) is 24.3 Å². The van der Waals surface area contributed by atoms with Crippen LogP contribution in [0, 0.1) is 0 Å². The van der Waals surface area contributed by atoms with Crippen molar-refractivity contribution < 1.29 is 9.94 Å². The first-order chi connectivity index (χ1) is 5.42. The summed E-state index contributed by atoms with van der Waals surface area (Å²) in [5.41, 5.74) is 1.48. The largest absolute Gasteiger partial charge is 0.486 e. The minimum Gasteiger partial charge on any atom is -0.486 e. The molecule has 1 heterocycles. The van der Waals surface area contributed by atoms with Gasteiger partial charge in [0.05, 0.1) is 0 Å². The van der Waals surface area contributed by atoms with Crippen molar-refractivity contribution in [3.05, 3.63) is 29.8 Å². The second-order valence-corrected chi connectivity index (χ2v) is 2.33. The van der Waals surface area contributed by atoms with E-state index in [0.29, 0.717) is 12.3 Å². The Kier molecular flexibility index (Phi) is 1.28. The van der Waals surface area contributed by atoms with E-state index in [1.165, 1.54) is 0 Å². The fourth-order valence-electron chi connectivity index (χ4n) is 1.14. The second-order valence-electron chi connectivity index (χ2n) is 2.33. The lowest BCUT2D eigenvalue weighted by atomic mass is 10.1. The lowest BCUT2D eigenvalue weighted by molar-refractivity contribution is 0.313. The maximum atomic E-state index is 8.52. The molecule has 0 aromatic heterocycles. The van der Waals surface area contributed by atoms with Crippen LogP contribution in [0.5, 0.6) is 5.75 Å². The molecule has 0 bridgehead atoms. The van der Waals surface area contributed by atoms with E-state index >= 15 is 0 Å². The summed E-state index contributed by atoms with van der Waals surface area (Å²) in [7, 11) is 0. The van der Waals surface area contributed by atoms with Gasteiger partial charge >= 0.3 is 0 Å². The Balaban J connectivity index is 2.55. The monoisotopic (exact) mass is 149 g/mol. The van der Waals surface area contributed by atoms with Gasteiger partial charge in [0, 0.05) is 5.56 Å². The van der Waals surface area contributed by atoms with Gasteiger partial charge in [-0.3, -0.25) is 0 Å². The average Bonchev–Trinajstić information content (AvgIpc) is 2.47. The van der Waals surface area contributed by atoms with Crippen LogP contribution in [0.4, 0.5) is 0 Å². The van der Waals surface area contributed by atoms with Crippen LogP contribution in [0.15, 0.2) is 29.4 Å². The summed E-state index contributed by atoms with van der Waals surface area (Å²) in [5, 5.41) is 11.6. The molecule has 3 heteroatoms. The van der Waals surface area contributed by atoms with Crippen molar-refractivity contribution >= 4 is 5.71 Å². The van der Waals surface area contributed by atoms with E-state index in [4.69, 9.17) is 9.94 Å². The molecule has 1 aromatic rings. The molecule has 0 aliphatic carbocycles. The molecule has 0 amide bonds. The van der Waals surface area contributed by atoms with Crippen LogP contribution in [0.1, 0.15) is 5.56 Å². The lowest BCUT2D eigenvalue weighted by Crippen LogP contribution is -2.01. The quantitative estimate of drug-likeness (QED) is 0.445. The van der Waals surface area contributed by atoms with Gasteiger partial charge in [-0.25, -0.2) is 0 Å². The van der Waals surface area contributed by atoms with Gasteiger partial charge in [-0.15, -0.1) is 0 Å². The average molecular weight is 149 g/mol. The summed E-state index contributed by atoms with van der Waals surface area (Å²) in [6.45, 7) is 0.371. The highest BCUT2D eigenvalue weighted by molar-refractivity contribution is 6.05. The number of oxime groups is 1. The molecular formula is C8H7NO2. The van der Waals surface area contributed by atoms with Crippen molar-refractivity contribution in [2.75, 3.05) is 6.61 Å². The molecule has 1 aliphatic heterocycles. The van der Waals surface area contributed by atoms with Gasteiger partial charge in [-0.1, -0.05) is 17.3 Å². The third-order valence-corrected chi connectivity index (χ3v) is 1.68. The molecule has 0 atom stereocenters. The predicted molar refractivity (Wildman–Crippen MR) is 40.3 cm³/mol. The zero-order chi connectivity index (χ0) is 7.68. The minimum atomic E-state index is 0.371. The first kappa shape index (κ1) is 6.22. The highest BCUT2D eigenvalue weighted by Crippen LogP contribution is 2.24. The topological polar surface area (TPSA) is 41.8 Å². The lowest BCUT2D eigenvalue weighted by Gasteiger charge is -1.92. The predicted octanol–water partition coefficient (Wildman–Crippen LogP) is 1.26. The van der Waals surface area contributed by atoms with E-state index in [-0.39, 0.29) is 0 Å². The summed E-state index contributed by atoms with van der Waals surface area (Å²) < 4.78 is 5.21. The van der Waals surface area contributed by atoms with Crippen molar-refractivity contribution in [1.29, 1.82) is 0 Å². The number of hydrogen-bond acceptors (Lipinski definition) is 3. The maximum Gasteiger partial charge on any atom is 0.134 e. The number of fused-ring (bicyclic) bond motifs is 1. The molecule has 0 saturated carbocycles. The number of rotatable bonds is 0. The first-order valence-corrected chi connectivity index (χ1v) is 3.35. The molecule has 1 N–H and O–H groups in total. The van der Waals surface area contributed by atoms with Gasteiger partial charge < -0.3 is 9.94 Å². The Bertz CT molecular complexity index is 307. The highest BCUT2D eigenvalue weighted by Gasteiger charge is 2.17. The molecule has 0 saturated heterocycles. The van der Waals surface area contributed by atoms with Crippen molar-refractivity contribution in [3.8, 4) is 5.75 Å². The summed E-state index contributed by atoms with van der Waals surface area (Å²) >= 11 is 0. The van der Waals surface area contributed by atoms with Crippen LogP contribution >= 0.6 is 0 Å². The Morgan fingerprint density at radius 3 is 3.00 bits per heavy atom. The summed E-state index contributed by atoms with van der Waals surface area (Å²) in [6, 6.07) is 7.50. The smallest absolute Gasteiger partial charge is 0.134 e. The molecule has 11 heavy (non-hydrogen) atoms. The standard InChI is InChI=1S/C8H7NO2/c10-9-7-5-11-8-4-2-1-3-6(7)8/h1-4,10H,5H2. The number of hydrogen-bond donors (Lipinski definition) is 1. The van der Waals surface area contributed by atoms with Gasteiger partial charge in [-0.2, -0.15) is 0 Å². The normalized spacial score (nSPS) is 18.0. The maximum absolute atomic E-state index is 8.52. The van der Waals surface area contributed by atoms with Gasteiger partial charge in [0.15, 0.2) is 0 Å². The Hall–Kier alpha value is -1.51. The summed E-state index contributed by atoms with van der Waals surface area (Å²) in [5.74, 6) is 0.792. The van der Waals surface area contributed by atoms with Gasteiger partial charge in [0.1, 0.15) is 18.1 Å². The van der Waals surface area contributed by atoms with Crippen molar-refractivity contribution in [2.45, 2.75) is 0 Å². The summed E-state index contributed by atoms with van der Waals surface area (Å²) in [6.07, 6.45) is 0. The van der Waals surface area contributed by atoms with Gasteiger partial charge in [0.2, 0.25) is 0 Å². The van der Waals surface area contributed by atoms with E-state index in [0.717, 1.165) is 11.3 Å². The first-order valence-electron chi connectivity index (χ1n) is 3.35. The van der Waals surface area contributed by atoms with Gasteiger partial charge in [-0.05, 0) is 12.1 Å². The van der Waals surface area contributed by atoms with Crippen LogP contribution in [-0.2, 0) is 0 Å². The molecule has 0 radical (unpaired) electrons. The zero-order valence-corrected chi connectivity index (χ0v) is 5.82. The fraction of sp³-hybridized carbons (Fsp3) is 0.125. The molecule has 0 fully saturated rings. The van der Waals surface area contributed by atoms with Crippen molar-refractivity contribution in [3.63, 3.8) is 0 Å². The number of benzene rings is 1. The van der Waals surface area contributed by atoms with E-state index in [9.17, 15) is 0 Å². The SMILES string of the molecule is ON=C1COc2ccccc21. The molecule has 1 aromatic carbocycles. The van der Waals surface area contributed by atoms with Crippen LogP contribution < -0.4 is 4.74 Å². The molecule has 1 aliphatic rings. The molecule has 56 valence electrons. The third-order valence-electron chi connectivity index (χ3n) is 1.68. The Morgan fingerprint density at radius 2 is 2.18 bits per heavy atom. The highest BCUT2D eigenvalue weighted by atomic mass is 16.5. The van der Waals surface area contributed by atoms with Crippen LogP contribution in [0.2, 0.25) is 0 Å². The van der Waals surface area contributed by atoms with Gasteiger partial charge in [0.25, 0.3) is 0 Å². The minimum absolute atomic E-state index is 0.371. The van der Waals surface area contributed by atoms with E-state index in [1.54, 1.807) is 0 Å². The number of nitrogens with zero attached hydrogens (tertiary/aromatic N) is 1. The molecular weight excluding hydrogens is 142 g/mol. The Labute approximate surface area is 63.9 Å². The summed E-state index contributed by atoms with van der Waals surface area (Å²) in [4.78, 5) is 0. The van der Waals surface area contributed by atoms with Crippen LogP contribution in [-0.4, -0.2) is 17.5 Å². The molecule has 2 rings (SSSR count). The van der Waals surface area contributed by atoms with Crippen LogP contribution in [0.25, 0.3) is 0 Å². The molecule has 0 spiro atoms. The van der Waals surface area contributed by atoms with Crippen LogP contribution in [0.3, 0.4) is 0 Å². The number of para-hydroxylation sites is 1. The molecule has 3 nitrogen and oxygen atoms in total. The molecule has 0 unspecified atom stereocenters.